The van der Waals surface area contributed by atoms with Crippen LogP contribution in [0.5, 0.6) is 5.75 Å². The van der Waals surface area contributed by atoms with Crippen molar-refractivity contribution in [1.29, 1.82) is 0 Å². The molecule has 0 aliphatic heterocycles. The van der Waals surface area contributed by atoms with Crippen molar-refractivity contribution in [2.75, 3.05) is 0 Å². The molecule has 0 saturated heterocycles. The van der Waals surface area contributed by atoms with Gasteiger partial charge in [-0.15, -0.1) is 0 Å². The second-order valence-corrected chi connectivity index (χ2v) is 4.56. The van der Waals surface area contributed by atoms with Crippen molar-refractivity contribution in [3.63, 3.8) is 0 Å². The number of para-hydroxylation sites is 1. The van der Waals surface area contributed by atoms with Crippen LogP contribution in [0.4, 0.5) is 0 Å². The van der Waals surface area contributed by atoms with Crippen LogP contribution in [0.2, 0.25) is 10.2 Å². The van der Waals surface area contributed by atoms with Gasteiger partial charge in [0.05, 0.1) is 11.2 Å². The zero-order valence-corrected chi connectivity index (χ0v) is 11.4. The number of rotatable bonds is 4. The van der Waals surface area contributed by atoms with Gasteiger partial charge in [0.1, 0.15) is 23.1 Å². The van der Waals surface area contributed by atoms with E-state index in [4.69, 9.17) is 33.0 Å². The lowest BCUT2D eigenvalue weighted by atomic mass is 10.2. The molecule has 2 aromatic rings. The Morgan fingerprint density at radius 2 is 2.21 bits per heavy atom. The van der Waals surface area contributed by atoms with E-state index in [0.717, 1.165) is 0 Å². The summed E-state index contributed by atoms with van der Waals surface area (Å²) in [6, 6.07) is 4.54. The zero-order valence-electron chi connectivity index (χ0n) is 9.93. The predicted molar refractivity (Wildman–Crippen MR) is 71.0 cm³/mol. The fourth-order valence-corrected chi connectivity index (χ4v) is 1.89. The standard InChI is InChI=1S/C12H10Cl2N2O3/c1-16-9(14)5-15-10(16)6-19-11-7(12(17)18)3-2-4-8(11)13/h2-5H,6H2,1H3,(H,17,18). The van der Waals surface area contributed by atoms with E-state index in [0.29, 0.717) is 11.0 Å². The van der Waals surface area contributed by atoms with Gasteiger partial charge in [-0.3, -0.25) is 0 Å². The molecule has 0 amide bonds. The minimum absolute atomic E-state index is 0.00723. The smallest absolute Gasteiger partial charge is 0.339 e. The summed E-state index contributed by atoms with van der Waals surface area (Å²) in [7, 11) is 1.73. The summed E-state index contributed by atoms with van der Waals surface area (Å²) >= 11 is 11.8. The Bertz CT molecular complexity index is 625. The molecule has 100 valence electrons. The summed E-state index contributed by atoms with van der Waals surface area (Å²) in [5.74, 6) is -0.410. The zero-order chi connectivity index (χ0) is 14.0. The van der Waals surface area contributed by atoms with Gasteiger partial charge in [0.25, 0.3) is 0 Å². The normalized spacial score (nSPS) is 10.5. The number of ether oxygens (including phenoxy) is 1. The highest BCUT2D eigenvalue weighted by atomic mass is 35.5. The minimum Gasteiger partial charge on any atom is -0.483 e. The van der Waals surface area contributed by atoms with Gasteiger partial charge >= 0.3 is 5.97 Å². The molecular formula is C12H10Cl2N2O3. The van der Waals surface area contributed by atoms with E-state index < -0.39 is 5.97 Å². The molecule has 0 unspecified atom stereocenters. The topological polar surface area (TPSA) is 64.4 Å². The molecule has 1 aromatic carbocycles. The maximum absolute atomic E-state index is 11.1. The molecular weight excluding hydrogens is 291 g/mol. The molecule has 0 saturated carbocycles. The van der Waals surface area contributed by atoms with Gasteiger partial charge < -0.3 is 14.4 Å². The monoisotopic (exact) mass is 300 g/mol. The van der Waals surface area contributed by atoms with E-state index in [1.54, 1.807) is 23.7 Å². The van der Waals surface area contributed by atoms with Crippen molar-refractivity contribution >= 4 is 29.2 Å². The predicted octanol–water partition coefficient (Wildman–Crippen LogP) is 3.00. The van der Waals surface area contributed by atoms with E-state index in [-0.39, 0.29) is 22.9 Å². The Hall–Kier alpha value is -1.72. The number of carbonyl (C=O) groups is 1. The van der Waals surface area contributed by atoms with Crippen LogP contribution in [0.3, 0.4) is 0 Å². The first-order valence-corrected chi connectivity index (χ1v) is 6.07. The van der Waals surface area contributed by atoms with Gasteiger partial charge in [0.2, 0.25) is 0 Å². The highest BCUT2D eigenvalue weighted by Gasteiger charge is 2.15. The van der Waals surface area contributed by atoms with Crippen LogP contribution < -0.4 is 4.74 Å². The second-order valence-electron chi connectivity index (χ2n) is 3.77. The third kappa shape index (κ3) is 2.83. The molecule has 1 aromatic heterocycles. The summed E-state index contributed by atoms with van der Waals surface area (Å²) in [6.45, 7) is 0.0766. The van der Waals surface area contributed by atoms with Gasteiger partial charge in [-0.05, 0) is 12.1 Å². The number of carboxylic acids is 1. The quantitative estimate of drug-likeness (QED) is 0.943. The fraction of sp³-hybridized carbons (Fsp3) is 0.167. The summed E-state index contributed by atoms with van der Waals surface area (Å²) in [5.41, 5.74) is 0.00723. The Kier molecular flexibility index (Phi) is 3.97. The van der Waals surface area contributed by atoms with E-state index >= 15 is 0 Å². The van der Waals surface area contributed by atoms with E-state index in [2.05, 4.69) is 4.98 Å². The molecule has 0 atom stereocenters. The lowest BCUT2D eigenvalue weighted by Crippen LogP contribution is -2.07. The summed E-state index contributed by atoms with van der Waals surface area (Å²) < 4.78 is 7.09. The average molecular weight is 301 g/mol. The molecule has 1 heterocycles. The molecule has 0 fully saturated rings. The van der Waals surface area contributed by atoms with Crippen molar-refractivity contribution in [1.82, 2.24) is 9.55 Å². The number of benzene rings is 1. The van der Waals surface area contributed by atoms with E-state index in [1.807, 2.05) is 0 Å². The molecule has 0 aliphatic carbocycles. The van der Waals surface area contributed by atoms with Gasteiger partial charge in [-0.1, -0.05) is 29.3 Å². The van der Waals surface area contributed by atoms with Crippen LogP contribution >= 0.6 is 23.2 Å². The number of imidazole rings is 1. The van der Waals surface area contributed by atoms with Gasteiger partial charge in [0, 0.05) is 7.05 Å². The largest absolute Gasteiger partial charge is 0.483 e. The number of aromatic carboxylic acids is 1. The van der Waals surface area contributed by atoms with Crippen LogP contribution in [0.25, 0.3) is 0 Å². The molecule has 2 rings (SSSR count). The molecule has 0 radical (unpaired) electrons. The second kappa shape index (κ2) is 5.50. The average Bonchev–Trinajstić information content (AvgIpc) is 2.68. The third-order valence-corrected chi connectivity index (χ3v) is 3.22. The van der Waals surface area contributed by atoms with Crippen LogP contribution in [0.1, 0.15) is 16.2 Å². The maximum Gasteiger partial charge on any atom is 0.339 e. The first kappa shape index (κ1) is 13.7. The fourth-order valence-electron chi connectivity index (χ4n) is 1.52. The number of hydrogen-bond acceptors (Lipinski definition) is 3. The van der Waals surface area contributed by atoms with Crippen LogP contribution in [-0.2, 0) is 13.7 Å². The lowest BCUT2D eigenvalue weighted by molar-refractivity contribution is 0.0691. The van der Waals surface area contributed by atoms with Crippen molar-refractivity contribution in [2.24, 2.45) is 7.05 Å². The van der Waals surface area contributed by atoms with Crippen molar-refractivity contribution < 1.29 is 14.6 Å². The number of halogens is 2. The van der Waals surface area contributed by atoms with Gasteiger partial charge in [-0.25, -0.2) is 9.78 Å². The molecule has 7 heteroatoms. The summed E-state index contributed by atoms with van der Waals surface area (Å²) in [6.07, 6.45) is 1.49. The SMILES string of the molecule is Cn1c(Cl)cnc1COc1c(Cl)cccc1C(=O)O. The molecule has 1 N–H and O–H groups in total. The van der Waals surface area contributed by atoms with Crippen LogP contribution in [0, 0.1) is 0 Å². The summed E-state index contributed by atoms with van der Waals surface area (Å²) in [5, 5.41) is 9.77. The van der Waals surface area contributed by atoms with Crippen molar-refractivity contribution in [3.05, 3.63) is 46.0 Å². The number of aromatic nitrogens is 2. The van der Waals surface area contributed by atoms with E-state index in [9.17, 15) is 4.79 Å². The highest BCUT2D eigenvalue weighted by Crippen LogP contribution is 2.29. The molecule has 0 spiro atoms. The van der Waals surface area contributed by atoms with Crippen LogP contribution in [-0.4, -0.2) is 20.6 Å². The number of carboxylic acid groups (broad SMARTS) is 1. The third-order valence-electron chi connectivity index (χ3n) is 2.57. The molecule has 0 aliphatic rings. The van der Waals surface area contributed by atoms with Gasteiger partial charge in [0.15, 0.2) is 5.75 Å². The Morgan fingerprint density at radius 3 is 2.79 bits per heavy atom. The molecule has 0 bridgehead atoms. The maximum atomic E-state index is 11.1. The van der Waals surface area contributed by atoms with Crippen molar-refractivity contribution in [2.45, 2.75) is 6.61 Å². The Labute approximate surface area is 119 Å². The van der Waals surface area contributed by atoms with E-state index in [1.165, 1.54) is 12.3 Å². The molecule has 5 nitrogen and oxygen atoms in total. The summed E-state index contributed by atoms with van der Waals surface area (Å²) in [4.78, 5) is 15.1. The first-order valence-electron chi connectivity index (χ1n) is 5.31. The lowest BCUT2D eigenvalue weighted by Gasteiger charge is -2.10. The number of nitrogens with zero attached hydrogens (tertiary/aromatic N) is 2. The Morgan fingerprint density at radius 1 is 1.47 bits per heavy atom. The number of hydrogen-bond donors (Lipinski definition) is 1. The Balaban J connectivity index is 2.24. The molecule has 19 heavy (non-hydrogen) atoms. The van der Waals surface area contributed by atoms with Gasteiger partial charge in [-0.2, -0.15) is 0 Å². The first-order chi connectivity index (χ1) is 9.00. The minimum atomic E-state index is -1.10. The van der Waals surface area contributed by atoms with Crippen molar-refractivity contribution in [3.8, 4) is 5.75 Å². The van der Waals surface area contributed by atoms with Crippen LogP contribution in [0.15, 0.2) is 24.4 Å². The highest BCUT2D eigenvalue weighted by molar-refractivity contribution is 6.32.